The van der Waals surface area contributed by atoms with Crippen LogP contribution in [-0.4, -0.2) is 42.6 Å². The fourth-order valence-corrected chi connectivity index (χ4v) is 1.87. The molecule has 1 aliphatic heterocycles. The number of carbonyl (C=O) groups excluding carboxylic acids is 2. The highest BCUT2D eigenvalue weighted by atomic mass is 16.3. The summed E-state index contributed by atoms with van der Waals surface area (Å²) in [5, 5.41) is 17.5. The van der Waals surface area contributed by atoms with Crippen molar-refractivity contribution in [3.63, 3.8) is 0 Å². The lowest BCUT2D eigenvalue weighted by Gasteiger charge is -2.23. The molecule has 19 heavy (non-hydrogen) atoms. The molecule has 6 nitrogen and oxygen atoms in total. The van der Waals surface area contributed by atoms with Gasteiger partial charge in [-0.3, -0.25) is 14.9 Å². The van der Waals surface area contributed by atoms with Crippen LogP contribution < -0.4 is 16.0 Å². The smallest absolute Gasteiger partial charge is 0.238 e. The first-order valence-corrected chi connectivity index (χ1v) is 6.21. The first kappa shape index (κ1) is 13.4. The van der Waals surface area contributed by atoms with Crippen LogP contribution in [0.3, 0.4) is 0 Å². The van der Waals surface area contributed by atoms with Gasteiger partial charge >= 0.3 is 0 Å². The molecule has 0 spiro atoms. The van der Waals surface area contributed by atoms with Crippen LogP contribution >= 0.6 is 0 Å². The molecule has 1 atom stereocenters. The van der Waals surface area contributed by atoms with Crippen molar-refractivity contribution in [2.75, 3.05) is 19.6 Å². The second-order valence-electron chi connectivity index (χ2n) is 4.45. The Morgan fingerprint density at radius 2 is 2.11 bits per heavy atom. The summed E-state index contributed by atoms with van der Waals surface area (Å²) in [6, 6.07) is 6.52. The quantitative estimate of drug-likeness (QED) is 0.569. The van der Waals surface area contributed by atoms with Gasteiger partial charge in [0.15, 0.2) is 0 Å². The molecule has 1 unspecified atom stereocenters. The van der Waals surface area contributed by atoms with E-state index in [0.29, 0.717) is 19.5 Å². The number of aromatic hydroxyl groups is 1. The number of nitrogens with one attached hydrogen (secondary N) is 3. The first-order chi connectivity index (χ1) is 9.15. The normalized spacial score (nSPS) is 18.7. The zero-order chi connectivity index (χ0) is 13.7. The monoisotopic (exact) mass is 263 g/mol. The van der Waals surface area contributed by atoms with Crippen molar-refractivity contribution in [2.45, 2.75) is 12.5 Å². The summed E-state index contributed by atoms with van der Waals surface area (Å²) in [7, 11) is 0. The standard InChI is InChI=1S/C13H17N3O3/c17-10-3-1-9(2-4-10)5-6-14-13(19)11-7-16-12(18)8-15-11/h1-4,11,15,17H,5-8H2,(H,14,19)(H,16,18). The van der Waals surface area contributed by atoms with Crippen molar-refractivity contribution in [3.8, 4) is 5.75 Å². The second-order valence-corrected chi connectivity index (χ2v) is 4.45. The minimum absolute atomic E-state index is 0.0897. The van der Waals surface area contributed by atoms with Gasteiger partial charge in [-0.1, -0.05) is 12.1 Å². The molecule has 1 aromatic rings. The Balaban J connectivity index is 1.72. The van der Waals surface area contributed by atoms with Crippen LogP contribution in [0, 0.1) is 0 Å². The van der Waals surface area contributed by atoms with Gasteiger partial charge in [-0.15, -0.1) is 0 Å². The number of phenolic OH excluding ortho intramolecular Hbond substituents is 1. The topological polar surface area (TPSA) is 90.5 Å². The Labute approximate surface area is 111 Å². The lowest BCUT2D eigenvalue weighted by atomic mass is 10.1. The highest BCUT2D eigenvalue weighted by molar-refractivity contribution is 5.86. The molecule has 0 aromatic heterocycles. The number of hydrogen-bond acceptors (Lipinski definition) is 4. The molecule has 1 aliphatic rings. The van der Waals surface area contributed by atoms with E-state index >= 15 is 0 Å². The third-order valence-electron chi connectivity index (χ3n) is 2.98. The van der Waals surface area contributed by atoms with Crippen molar-refractivity contribution in [2.24, 2.45) is 0 Å². The fraction of sp³-hybridized carbons (Fsp3) is 0.385. The van der Waals surface area contributed by atoms with Crippen LogP contribution in [0.5, 0.6) is 5.75 Å². The maximum absolute atomic E-state index is 11.8. The van der Waals surface area contributed by atoms with Crippen LogP contribution in [0.15, 0.2) is 24.3 Å². The molecule has 2 amide bonds. The van der Waals surface area contributed by atoms with Crippen LogP contribution in [0.2, 0.25) is 0 Å². The molecule has 102 valence electrons. The van der Waals surface area contributed by atoms with Gasteiger partial charge in [0.25, 0.3) is 0 Å². The third kappa shape index (κ3) is 3.96. The number of carbonyl (C=O) groups is 2. The van der Waals surface area contributed by atoms with Gasteiger partial charge in [0, 0.05) is 13.1 Å². The van der Waals surface area contributed by atoms with E-state index in [-0.39, 0.29) is 30.2 Å². The van der Waals surface area contributed by atoms with E-state index in [0.717, 1.165) is 5.56 Å². The molecule has 1 fully saturated rings. The lowest BCUT2D eigenvalue weighted by molar-refractivity contribution is -0.126. The van der Waals surface area contributed by atoms with E-state index in [4.69, 9.17) is 5.11 Å². The third-order valence-corrected chi connectivity index (χ3v) is 2.98. The highest BCUT2D eigenvalue weighted by Gasteiger charge is 2.22. The number of phenols is 1. The molecule has 1 heterocycles. The van der Waals surface area contributed by atoms with Gasteiger partial charge in [0.2, 0.25) is 11.8 Å². The van der Waals surface area contributed by atoms with Crippen molar-refractivity contribution in [3.05, 3.63) is 29.8 Å². The van der Waals surface area contributed by atoms with E-state index in [1.807, 2.05) is 12.1 Å². The van der Waals surface area contributed by atoms with Gasteiger partial charge in [0.05, 0.1) is 6.54 Å². The largest absolute Gasteiger partial charge is 0.508 e. The summed E-state index contributed by atoms with van der Waals surface area (Å²) in [5.41, 5.74) is 1.04. The van der Waals surface area contributed by atoms with Crippen molar-refractivity contribution in [1.82, 2.24) is 16.0 Å². The molecule has 0 bridgehead atoms. The number of amides is 2. The van der Waals surface area contributed by atoms with Gasteiger partial charge in [-0.25, -0.2) is 0 Å². The maximum atomic E-state index is 11.8. The fourth-order valence-electron chi connectivity index (χ4n) is 1.87. The van der Waals surface area contributed by atoms with E-state index in [1.165, 1.54) is 0 Å². The Morgan fingerprint density at radius 1 is 1.37 bits per heavy atom. The zero-order valence-electron chi connectivity index (χ0n) is 10.5. The minimum Gasteiger partial charge on any atom is -0.508 e. The summed E-state index contributed by atoms with van der Waals surface area (Å²) >= 11 is 0. The molecule has 0 aliphatic carbocycles. The maximum Gasteiger partial charge on any atom is 0.238 e. The van der Waals surface area contributed by atoms with Crippen LogP contribution in [-0.2, 0) is 16.0 Å². The molecular formula is C13H17N3O3. The summed E-state index contributed by atoms with van der Waals surface area (Å²) in [6.07, 6.45) is 0.700. The Hall–Kier alpha value is -2.08. The van der Waals surface area contributed by atoms with E-state index in [1.54, 1.807) is 12.1 Å². The van der Waals surface area contributed by atoms with Crippen molar-refractivity contribution < 1.29 is 14.7 Å². The highest BCUT2D eigenvalue weighted by Crippen LogP contribution is 2.09. The number of rotatable bonds is 4. The second kappa shape index (κ2) is 6.19. The molecule has 4 N–H and O–H groups in total. The summed E-state index contributed by atoms with van der Waals surface area (Å²) in [4.78, 5) is 22.7. The predicted octanol–water partition coefficient (Wildman–Crippen LogP) is -0.861. The average molecular weight is 263 g/mol. The first-order valence-electron chi connectivity index (χ1n) is 6.21. The average Bonchev–Trinajstić information content (AvgIpc) is 2.41. The predicted molar refractivity (Wildman–Crippen MR) is 69.6 cm³/mol. The van der Waals surface area contributed by atoms with E-state index in [9.17, 15) is 9.59 Å². The summed E-state index contributed by atoms with van der Waals surface area (Å²) in [6.45, 7) is 1.02. The zero-order valence-corrected chi connectivity index (χ0v) is 10.5. The Kier molecular flexibility index (Phi) is 4.35. The molecule has 2 rings (SSSR count). The minimum atomic E-state index is -0.363. The van der Waals surface area contributed by atoms with Crippen LogP contribution in [0.1, 0.15) is 5.56 Å². The summed E-state index contributed by atoms with van der Waals surface area (Å²) in [5.74, 6) is 0.0295. The van der Waals surface area contributed by atoms with E-state index in [2.05, 4.69) is 16.0 Å². The lowest BCUT2D eigenvalue weighted by Crippen LogP contribution is -2.58. The number of hydrogen-bond donors (Lipinski definition) is 4. The van der Waals surface area contributed by atoms with Crippen molar-refractivity contribution >= 4 is 11.8 Å². The van der Waals surface area contributed by atoms with Crippen LogP contribution in [0.4, 0.5) is 0 Å². The van der Waals surface area contributed by atoms with Gasteiger partial charge in [-0.05, 0) is 24.1 Å². The van der Waals surface area contributed by atoms with E-state index < -0.39 is 0 Å². The molecule has 1 aromatic carbocycles. The van der Waals surface area contributed by atoms with Gasteiger partial charge in [-0.2, -0.15) is 0 Å². The summed E-state index contributed by atoms with van der Waals surface area (Å²) < 4.78 is 0. The number of piperazine rings is 1. The molecule has 6 heteroatoms. The number of benzene rings is 1. The van der Waals surface area contributed by atoms with Crippen molar-refractivity contribution in [1.29, 1.82) is 0 Å². The van der Waals surface area contributed by atoms with Crippen LogP contribution in [0.25, 0.3) is 0 Å². The van der Waals surface area contributed by atoms with Gasteiger partial charge in [0.1, 0.15) is 11.8 Å². The SMILES string of the molecule is O=C1CNC(C(=O)NCCc2ccc(O)cc2)CN1. The molecule has 0 saturated carbocycles. The molecular weight excluding hydrogens is 246 g/mol. The molecule has 0 radical (unpaired) electrons. The molecule has 1 saturated heterocycles. The Morgan fingerprint density at radius 3 is 2.74 bits per heavy atom. The van der Waals surface area contributed by atoms with Gasteiger partial charge < -0.3 is 15.7 Å². The Bertz CT molecular complexity index is 449.